The average molecular weight is 282 g/mol. The predicted molar refractivity (Wildman–Crippen MR) is 78.1 cm³/mol. The number of hydrogen-bond donors (Lipinski definition) is 1. The topological polar surface area (TPSA) is 15.3 Å². The first kappa shape index (κ1) is 15.4. The van der Waals surface area contributed by atoms with Crippen molar-refractivity contribution in [2.75, 3.05) is 19.6 Å². The van der Waals surface area contributed by atoms with Gasteiger partial charge in [0, 0.05) is 18.6 Å². The number of rotatable bonds is 4. The van der Waals surface area contributed by atoms with Gasteiger partial charge in [0.2, 0.25) is 0 Å². The highest BCUT2D eigenvalue weighted by Gasteiger charge is 2.43. The summed E-state index contributed by atoms with van der Waals surface area (Å²) in [6.45, 7) is 7.40. The highest BCUT2D eigenvalue weighted by atomic mass is 19.3. The van der Waals surface area contributed by atoms with Crippen molar-refractivity contribution in [3.05, 3.63) is 35.9 Å². The molecule has 0 radical (unpaired) electrons. The van der Waals surface area contributed by atoms with Crippen LogP contribution in [0.5, 0.6) is 0 Å². The van der Waals surface area contributed by atoms with Gasteiger partial charge in [-0.15, -0.1) is 0 Å². The third-order valence-electron chi connectivity index (χ3n) is 4.63. The predicted octanol–water partition coefficient (Wildman–Crippen LogP) is 3.24. The van der Waals surface area contributed by atoms with Crippen LogP contribution >= 0.6 is 0 Å². The van der Waals surface area contributed by atoms with E-state index < -0.39 is 6.43 Å². The maximum Gasteiger partial charge on any atom is 0.251 e. The molecule has 2 nitrogen and oxygen atoms in total. The molecule has 4 heteroatoms. The van der Waals surface area contributed by atoms with E-state index in [9.17, 15) is 8.78 Å². The van der Waals surface area contributed by atoms with Crippen molar-refractivity contribution in [2.24, 2.45) is 0 Å². The maximum absolute atomic E-state index is 13.0. The summed E-state index contributed by atoms with van der Waals surface area (Å²) in [6, 6.07) is 9.93. The van der Waals surface area contributed by atoms with Crippen molar-refractivity contribution in [1.82, 2.24) is 10.2 Å². The van der Waals surface area contributed by atoms with E-state index in [4.69, 9.17) is 0 Å². The molecule has 0 aliphatic carbocycles. The van der Waals surface area contributed by atoms with Crippen LogP contribution in [0.1, 0.15) is 32.8 Å². The van der Waals surface area contributed by atoms with Crippen LogP contribution in [-0.4, -0.2) is 36.5 Å². The van der Waals surface area contributed by atoms with Crippen molar-refractivity contribution in [3.8, 4) is 0 Å². The maximum atomic E-state index is 13.0. The van der Waals surface area contributed by atoms with Crippen LogP contribution in [0.25, 0.3) is 0 Å². The molecule has 112 valence electrons. The van der Waals surface area contributed by atoms with Gasteiger partial charge in [0.15, 0.2) is 0 Å². The summed E-state index contributed by atoms with van der Waals surface area (Å²) in [7, 11) is 0. The van der Waals surface area contributed by atoms with Gasteiger partial charge in [-0.1, -0.05) is 37.3 Å². The van der Waals surface area contributed by atoms with Gasteiger partial charge in [0.05, 0.1) is 12.1 Å². The fourth-order valence-corrected chi connectivity index (χ4v) is 2.90. The number of nitrogens with zero attached hydrogens (tertiary/aromatic N) is 1. The van der Waals surface area contributed by atoms with Gasteiger partial charge in [-0.05, 0) is 25.8 Å². The summed E-state index contributed by atoms with van der Waals surface area (Å²) < 4.78 is 25.9. The van der Waals surface area contributed by atoms with E-state index in [1.54, 1.807) is 0 Å². The zero-order valence-corrected chi connectivity index (χ0v) is 12.5. The van der Waals surface area contributed by atoms with Gasteiger partial charge in [-0.3, -0.25) is 4.90 Å². The standard InChI is InChI=1S/C16H24F2N2/c1-4-15(2)12-20(10-14(17)18)16(3,11-19-15)13-8-6-5-7-9-13/h5-9,14,19H,4,10-12H2,1-3H3. The van der Waals surface area contributed by atoms with Crippen LogP contribution in [0.3, 0.4) is 0 Å². The van der Waals surface area contributed by atoms with E-state index in [-0.39, 0.29) is 17.6 Å². The van der Waals surface area contributed by atoms with Gasteiger partial charge in [-0.2, -0.15) is 0 Å². The zero-order valence-electron chi connectivity index (χ0n) is 12.5. The fourth-order valence-electron chi connectivity index (χ4n) is 2.90. The van der Waals surface area contributed by atoms with E-state index in [0.717, 1.165) is 12.0 Å². The molecule has 2 unspecified atom stereocenters. The van der Waals surface area contributed by atoms with Gasteiger partial charge in [0.25, 0.3) is 6.43 Å². The minimum Gasteiger partial charge on any atom is -0.308 e. The average Bonchev–Trinajstić information content (AvgIpc) is 2.44. The quantitative estimate of drug-likeness (QED) is 0.912. The molecular weight excluding hydrogens is 258 g/mol. The molecule has 0 spiro atoms. The minimum atomic E-state index is -2.31. The van der Waals surface area contributed by atoms with Gasteiger partial charge in [-0.25, -0.2) is 8.78 Å². The minimum absolute atomic E-state index is 0.0941. The Balaban J connectivity index is 2.31. The van der Waals surface area contributed by atoms with Crippen LogP contribution in [-0.2, 0) is 5.54 Å². The van der Waals surface area contributed by atoms with E-state index in [2.05, 4.69) is 19.2 Å². The summed E-state index contributed by atoms with van der Waals surface area (Å²) in [4.78, 5) is 1.94. The normalized spacial score (nSPS) is 31.7. The Morgan fingerprint density at radius 1 is 1.25 bits per heavy atom. The fraction of sp³-hybridized carbons (Fsp3) is 0.625. The second-order valence-electron chi connectivity index (χ2n) is 6.18. The van der Waals surface area contributed by atoms with E-state index in [0.29, 0.717) is 13.1 Å². The lowest BCUT2D eigenvalue weighted by atomic mass is 9.82. The third-order valence-corrected chi connectivity index (χ3v) is 4.63. The van der Waals surface area contributed by atoms with Crippen molar-refractivity contribution in [1.29, 1.82) is 0 Å². The molecule has 0 aromatic heterocycles. The Hall–Kier alpha value is -1.00. The van der Waals surface area contributed by atoms with Crippen molar-refractivity contribution in [3.63, 3.8) is 0 Å². The van der Waals surface area contributed by atoms with Crippen molar-refractivity contribution < 1.29 is 8.78 Å². The van der Waals surface area contributed by atoms with Crippen molar-refractivity contribution >= 4 is 0 Å². The number of alkyl halides is 2. The Labute approximate surface area is 120 Å². The number of hydrogen-bond acceptors (Lipinski definition) is 2. The first-order chi connectivity index (χ1) is 9.39. The Morgan fingerprint density at radius 2 is 1.90 bits per heavy atom. The van der Waals surface area contributed by atoms with E-state index >= 15 is 0 Å². The second kappa shape index (κ2) is 5.78. The molecule has 0 amide bonds. The molecule has 1 saturated heterocycles. The van der Waals surface area contributed by atoms with Crippen LogP contribution in [0.4, 0.5) is 8.78 Å². The lowest BCUT2D eigenvalue weighted by Gasteiger charge is -2.52. The van der Waals surface area contributed by atoms with Gasteiger partial charge in [0.1, 0.15) is 0 Å². The first-order valence-corrected chi connectivity index (χ1v) is 7.23. The molecule has 1 fully saturated rings. The summed E-state index contributed by atoms with van der Waals surface area (Å²) in [5, 5.41) is 3.55. The number of halogens is 2. The Kier molecular flexibility index (Phi) is 4.45. The van der Waals surface area contributed by atoms with Crippen LogP contribution in [0.2, 0.25) is 0 Å². The Bertz CT molecular complexity index is 437. The molecule has 1 heterocycles. The SMILES string of the molecule is CCC1(C)CN(CC(F)F)C(C)(c2ccccc2)CN1. The molecule has 0 bridgehead atoms. The summed E-state index contributed by atoms with van der Waals surface area (Å²) >= 11 is 0. The summed E-state index contributed by atoms with van der Waals surface area (Å²) in [5.74, 6) is 0. The number of nitrogens with one attached hydrogen (secondary N) is 1. The third kappa shape index (κ3) is 3.01. The van der Waals surface area contributed by atoms with E-state index in [1.165, 1.54) is 0 Å². The highest BCUT2D eigenvalue weighted by Crippen LogP contribution is 2.34. The molecular formula is C16H24F2N2. The molecule has 1 aliphatic rings. The van der Waals surface area contributed by atoms with Crippen molar-refractivity contribution in [2.45, 2.75) is 44.7 Å². The smallest absolute Gasteiger partial charge is 0.251 e. The molecule has 1 aromatic carbocycles. The van der Waals surface area contributed by atoms with E-state index in [1.807, 2.05) is 42.2 Å². The molecule has 2 rings (SSSR count). The van der Waals surface area contributed by atoms with Crippen LogP contribution in [0, 0.1) is 0 Å². The highest BCUT2D eigenvalue weighted by molar-refractivity contribution is 5.26. The molecule has 1 N–H and O–H groups in total. The molecule has 1 aromatic rings. The summed E-state index contributed by atoms with van der Waals surface area (Å²) in [6.07, 6.45) is -1.38. The first-order valence-electron chi connectivity index (χ1n) is 7.23. The molecule has 1 aliphatic heterocycles. The van der Waals surface area contributed by atoms with Gasteiger partial charge >= 0.3 is 0 Å². The van der Waals surface area contributed by atoms with Crippen LogP contribution < -0.4 is 5.32 Å². The zero-order chi connectivity index (χ0) is 14.8. The molecule has 20 heavy (non-hydrogen) atoms. The van der Waals surface area contributed by atoms with Gasteiger partial charge < -0.3 is 5.32 Å². The number of benzene rings is 1. The second-order valence-corrected chi connectivity index (χ2v) is 6.18. The number of piperazine rings is 1. The Morgan fingerprint density at radius 3 is 2.45 bits per heavy atom. The monoisotopic (exact) mass is 282 g/mol. The molecule has 0 saturated carbocycles. The molecule has 2 atom stereocenters. The summed E-state index contributed by atoms with van der Waals surface area (Å²) in [5.41, 5.74) is 0.613. The van der Waals surface area contributed by atoms with Crippen LogP contribution in [0.15, 0.2) is 30.3 Å². The lowest BCUT2D eigenvalue weighted by molar-refractivity contribution is -0.0246. The lowest BCUT2D eigenvalue weighted by Crippen LogP contribution is -2.67. The largest absolute Gasteiger partial charge is 0.308 e.